The fraction of sp³-hybridized carbons (Fsp3) is 0.290. The highest BCUT2D eigenvalue weighted by molar-refractivity contribution is 8.14. The molecule has 3 aromatic carbocycles. The van der Waals surface area contributed by atoms with Crippen molar-refractivity contribution in [1.82, 2.24) is 20.1 Å². The van der Waals surface area contributed by atoms with E-state index < -0.39 is 12.4 Å². The highest BCUT2D eigenvalue weighted by Gasteiger charge is 2.31. The average molecular weight is 627 g/mol. The number of aliphatic imine (C=N–C) groups is 1. The number of halogens is 4. The molecule has 1 fully saturated rings. The Kier molecular flexibility index (Phi) is 9.52. The molecule has 1 N–H and O–H groups in total. The summed E-state index contributed by atoms with van der Waals surface area (Å²) in [5.41, 5.74) is 4.15. The summed E-state index contributed by atoms with van der Waals surface area (Å²) in [4.78, 5) is 23.1. The Morgan fingerprint density at radius 2 is 1.84 bits per heavy atom. The summed E-state index contributed by atoms with van der Waals surface area (Å²) >= 11 is 1.50. The molecule has 8 nitrogen and oxygen atoms in total. The predicted octanol–water partition coefficient (Wildman–Crippen LogP) is 7.35. The van der Waals surface area contributed by atoms with Gasteiger partial charge in [0.25, 0.3) is 0 Å². The summed E-state index contributed by atoms with van der Waals surface area (Å²) in [6.45, 7) is 5.17. The first-order valence-electron chi connectivity index (χ1n) is 14.0. The van der Waals surface area contributed by atoms with E-state index in [0.717, 1.165) is 34.6 Å². The number of carbonyl (C=O) groups is 1. The molecule has 230 valence electrons. The Bertz CT molecular complexity index is 1620. The lowest BCUT2D eigenvalue weighted by Gasteiger charge is -2.23. The molecule has 0 saturated carbocycles. The normalized spacial score (nSPS) is 14.4. The van der Waals surface area contributed by atoms with E-state index in [-0.39, 0.29) is 17.5 Å². The molecule has 13 heteroatoms. The summed E-state index contributed by atoms with van der Waals surface area (Å²) in [5.74, 6) is 0.791. The van der Waals surface area contributed by atoms with Crippen LogP contribution in [0.1, 0.15) is 37.3 Å². The first kappa shape index (κ1) is 31.0. The third-order valence-corrected chi connectivity index (χ3v) is 7.79. The molecule has 1 aliphatic heterocycles. The van der Waals surface area contributed by atoms with Crippen LogP contribution < -0.4 is 15.0 Å². The summed E-state index contributed by atoms with van der Waals surface area (Å²) in [6, 6.07) is 17.4. The van der Waals surface area contributed by atoms with Crippen molar-refractivity contribution >= 4 is 28.6 Å². The van der Waals surface area contributed by atoms with E-state index in [9.17, 15) is 22.4 Å². The number of thioether (sulfide) groups is 1. The maximum Gasteiger partial charge on any atom is 0.573 e. The predicted molar refractivity (Wildman–Crippen MR) is 163 cm³/mol. The molecule has 5 rings (SSSR count). The van der Waals surface area contributed by atoms with Crippen LogP contribution in [0, 0.1) is 5.82 Å². The van der Waals surface area contributed by atoms with Gasteiger partial charge in [-0.25, -0.2) is 18.9 Å². The van der Waals surface area contributed by atoms with Gasteiger partial charge in [0.1, 0.15) is 17.9 Å². The zero-order chi connectivity index (χ0) is 31.3. The standard InChI is InChI=1S/C31H30F4N6O2S/c1-20(2)26-18-23(32)9-14-27(26)40-16-17-44-30(40)38-29(42)36-15-3-4-21-5-7-22(8-6-21)28-37-19-41(39-28)24-10-12-25(13-11-24)43-31(33,34)35/h5-14,18-20H,3-4,15-17H2,1-2H3,(H,36,42). The van der Waals surface area contributed by atoms with Crippen molar-refractivity contribution in [1.29, 1.82) is 0 Å². The second-order valence-corrected chi connectivity index (χ2v) is 11.4. The van der Waals surface area contributed by atoms with Crippen molar-refractivity contribution in [2.24, 2.45) is 4.99 Å². The van der Waals surface area contributed by atoms with Crippen LogP contribution in [0.25, 0.3) is 17.1 Å². The van der Waals surface area contributed by atoms with Gasteiger partial charge in [-0.1, -0.05) is 49.9 Å². The van der Waals surface area contributed by atoms with E-state index in [0.29, 0.717) is 36.2 Å². The molecule has 0 unspecified atom stereocenters. The molecule has 4 aromatic rings. The molecule has 0 spiro atoms. The Morgan fingerprint density at radius 1 is 1.09 bits per heavy atom. The second-order valence-electron chi connectivity index (χ2n) is 10.3. The van der Waals surface area contributed by atoms with Crippen molar-refractivity contribution in [3.63, 3.8) is 0 Å². The monoisotopic (exact) mass is 626 g/mol. The largest absolute Gasteiger partial charge is 0.573 e. The second kappa shape index (κ2) is 13.5. The Labute approximate surface area is 256 Å². The van der Waals surface area contributed by atoms with Crippen molar-refractivity contribution < 1.29 is 27.1 Å². The van der Waals surface area contributed by atoms with Gasteiger partial charge in [0.2, 0.25) is 0 Å². The molecule has 2 heterocycles. The van der Waals surface area contributed by atoms with E-state index in [1.54, 1.807) is 12.1 Å². The van der Waals surface area contributed by atoms with Gasteiger partial charge in [-0.2, -0.15) is 4.99 Å². The van der Waals surface area contributed by atoms with Crippen LogP contribution in [0.3, 0.4) is 0 Å². The lowest BCUT2D eigenvalue weighted by atomic mass is 10.0. The van der Waals surface area contributed by atoms with Gasteiger partial charge in [-0.05, 0) is 72.4 Å². The number of amides is 2. The number of nitrogens with one attached hydrogen (secondary N) is 1. The molecule has 0 bridgehead atoms. The van der Waals surface area contributed by atoms with E-state index >= 15 is 0 Å². The van der Waals surface area contributed by atoms with E-state index in [4.69, 9.17) is 0 Å². The van der Waals surface area contributed by atoms with Crippen LogP contribution in [-0.2, 0) is 6.42 Å². The molecule has 44 heavy (non-hydrogen) atoms. The lowest BCUT2D eigenvalue weighted by Crippen LogP contribution is -2.29. The van der Waals surface area contributed by atoms with E-state index in [2.05, 4.69) is 25.1 Å². The smallest absolute Gasteiger partial charge is 0.406 e. The minimum absolute atomic E-state index is 0.125. The zero-order valence-electron chi connectivity index (χ0n) is 24.0. The minimum atomic E-state index is -4.75. The quantitative estimate of drug-likeness (QED) is 0.155. The van der Waals surface area contributed by atoms with Crippen LogP contribution in [-0.4, -0.2) is 51.2 Å². The number of hydrogen-bond donors (Lipinski definition) is 1. The Hall–Kier alpha value is -4.39. The number of aryl methyl sites for hydroxylation is 1. The highest BCUT2D eigenvalue weighted by Crippen LogP contribution is 2.33. The number of benzene rings is 3. The lowest BCUT2D eigenvalue weighted by molar-refractivity contribution is -0.274. The fourth-order valence-electron chi connectivity index (χ4n) is 4.71. The summed E-state index contributed by atoms with van der Waals surface area (Å²) in [5, 5.41) is 7.89. The van der Waals surface area contributed by atoms with E-state index in [1.165, 1.54) is 53.1 Å². The number of nitrogens with zero attached hydrogens (tertiary/aromatic N) is 5. The van der Waals surface area contributed by atoms with Crippen molar-refractivity contribution in [3.05, 3.63) is 90.0 Å². The number of anilines is 1. The highest BCUT2D eigenvalue weighted by atomic mass is 32.2. The van der Waals surface area contributed by atoms with Crippen LogP contribution in [0.2, 0.25) is 0 Å². The van der Waals surface area contributed by atoms with Crippen LogP contribution in [0.5, 0.6) is 5.75 Å². The van der Waals surface area contributed by atoms with Crippen molar-refractivity contribution in [2.45, 2.75) is 39.0 Å². The molecule has 0 atom stereocenters. The molecule has 0 radical (unpaired) electrons. The zero-order valence-corrected chi connectivity index (χ0v) is 24.8. The molecular weight excluding hydrogens is 596 g/mol. The van der Waals surface area contributed by atoms with Gasteiger partial charge < -0.3 is 15.0 Å². The van der Waals surface area contributed by atoms with Gasteiger partial charge in [0, 0.05) is 30.1 Å². The van der Waals surface area contributed by atoms with Crippen LogP contribution in [0.4, 0.5) is 28.0 Å². The van der Waals surface area contributed by atoms with Crippen LogP contribution in [0.15, 0.2) is 78.0 Å². The number of ether oxygens (including phenoxy) is 1. The van der Waals surface area contributed by atoms with Gasteiger partial charge >= 0.3 is 12.4 Å². The number of carbonyl (C=O) groups excluding carboxylic acids is 1. The van der Waals surface area contributed by atoms with E-state index in [1.807, 2.05) is 43.0 Å². The summed E-state index contributed by atoms with van der Waals surface area (Å²) < 4.78 is 56.4. The molecule has 1 saturated heterocycles. The van der Waals surface area contributed by atoms with Gasteiger partial charge in [-0.3, -0.25) is 0 Å². The van der Waals surface area contributed by atoms with Gasteiger partial charge in [-0.15, -0.1) is 18.3 Å². The Morgan fingerprint density at radius 3 is 2.55 bits per heavy atom. The van der Waals surface area contributed by atoms with Crippen molar-refractivity contribution in [2.75, 3.05) is 23.7 Å². The minimum Gasteiger partial charge on any atom is -0.406 e. The van der Waals surface area contributed by atoms with Gasteiger partial charge in [0.15, 0.2) is 11.0 Å². The number of amidine groups is 1. The number of rotatable bonds is 9. The number of aromatic nitrogens is 3. The molecule has 0 aliphatic carbocycles. The third kappa shape index (κ3) is 7.95. The summed E-state index contributed by atoms with van der Waals surface area (Å²) in [7, 11) is 0. The topological polar surface area (TPSA) is 84.6 Å². The van der Waals surface area contributed by atoms with Gasteiger partial charge in [0.05, 0.1) is 5.69 Å². The molecular formula is C31H30F4N6O2S. The first-order chi connectivity index (χ1) is 21.1. The SMILES string of the molecule is CC(C)c1cc(F)ccc1N1CCSC1=NC(=O)NCCCc1ccc(-c2ncn(-c3ccc(OC(F)(F)F)cc3)n2)cc1. The number of urea groups is 1. The molecule has 1 aromatic heterocycles. The fourth-order valence-corrected chi connectivity index (χ4v) is 5.66. The third-order valence-electron chi connectivity index (χ3n) is 6.83. The molecule has 2 amide bonds. The number of alkyl halides is 3. The Balaban J connectivity index is 1.11. The number of hydrogen-bond acceptors (Lipinski definition) is 5. The average Bonchev–Trinajstić information content (AvgIpc) is 3.66. The van der Waals surface area contributed by atoms with Crippen molar-refractivity contribution in [3.8, 4) is 22.8 Å². The van der Waals surface area contributed by atoms with Crippen LogP contribution >= 0.6 is 11.8 Å². The maximum atomic E-state index is 13.8. The first-order valence-corrected chi connectivity index (χ1v) is 15.0. The summed E-state index contributed by atoms with van der Waals surface area (Å²) in [6.07, 6.45) is -1.82. The molecule has 1 aliphatic rings. The maximum absolute atomic E-state index is 13.8.